The first-order valence-electron chi connectivity index (χ1n) is 6.81. The number of nitrogens with zero attached hydrogens (tertiary/aromatic N) is 4. The van der Waals surface area contributed by atoms with Crippen LogP contribution in [0.4, 0.5) is 5.69 Å². The molecule has 1 fully saturated rings. The van der Waals surface area contributed by atoms with E-state index in [0.717, 1.165) is 12.2 Å². The number of carbonyl (C=O) groups is 1. The van der Waals surface area contributed by atoms with Gasteiger partial charge in [0.05, 0.1) is 30.4 Å². The Morgan fingerprint density at radius 1 is 1.43 bits per heavy atom. The zero-order valence-corrected chi connectivity index (χ0v) is 11.8. The maximum absolute atomic E-state index is 12.3. The average Bonchev–Trinajstić information content (AvgIpc) is 3.02. The second-order valence-electron chi connectivity index (χ2n) is 4.98. The van der Waals surface area contributed by atoms with Gasteiger partial charge in [0.2, 0.25) is 0 Å². The van der Waals surface area contributed by atoms with Crippen LogP contribution in [0.3, 0.4) is 0 Å². The lowest BCUT2D eigenvalue weighted by molar-refractivity contribution is -0.132. The number of hydrogen-bond acceptors (Lipinski definition) is 5. The molecule has 1 aromatic heterocycles. The quantitative estimate of drug-likeness (QED) is 0.892. The lowest BCUT2D eigenvalue weighted by atomic mass is 10.2. The first-order valence-corrected chi connectivity index (χ1v) is 6.81. The van der Waals surface area contributed by atoms with Gasteiger partial charge in [-0.2, -0.15) is 0 Å². The van der Waals surface area contributed by atoms with Crippen molar-refractivity contribution in [3.8, 4) is 5.69 Å². The van der Waals surface area contributed by atoms with E-state index in [2.05, 4.69) is 20.5 Å². The number of amides is 1. The Bertz CT molecular complexity index is 614. The van der Waals surface area contributed by atoms with Gasteiger partial charge in [0.25, 0.3) is 5.91 Å². The predicted molar refractivity (Wildman–Crippen MR) is 77.2 cm³/mol. The minimum atomic E-state index is -0.451. The van der Waals surface area contributed by atoms with Crippen LogP contribution in [0.25, 0.3) is 5.69 Å². The first-order chi connectivity index (χ1) is 10.2. The first kappa shape index (κ1) is 13.7. The zero-order chi connectivity index (χ0) is 14.7. The van der Waals surface area contributed by atoms with Crippen LogP contribution in [0, 0.1) is 0 Å². The van der Waals surface area contributed by atoms with Crippen LogP contribution in [0.5, 0.6) is 0 Å². The SMILES string of the molecule is CN1CCOC(C(=O)Nc2ccccc2-n2ccnn2)C1. The number of hydrogen-bond donors (Lipinski definition) is 1. The molecule has 1 aliphatic rings. The van der Waals surface area contributed by atoms with E-state index in [1.807, 2.05) is 31.3 Å². The molecule has 1 atom stereocenters. The highest BCUT2D eigenvalue weighted by Gasteiger charge is 2.25. The molecular weight excluding hydrogens is 270 g/mol. The molecule has 1 N–H and O–H groups in total. The van der Waals surface area contributed by atoms with Gasteiger partial charge >= 0.3 is 0 Å². The highest BCUT2D eigenvalue weighted by molar-refractivity contribution is 5.96. The van der Waals surface area contributed by atoms with Crippen LogP contribution in [-0.4, -0.2) is 58.6 Å². The normalized spacial score (nSPS) is 19.4. The van der Waals surface area contributed by atoms with E-state index in [9.17, 15) is 4.79 Å². The summed E-state index contributed by atoms with van der Waals surface area (Å²) in [6, 6.07) is 7.46. The molecule has 7 heteroatoms. The van der Waals surface area contributed by atoms with Gasteiger partial charge in [0.1, 0.15) is 6.10 Å². The fourth-order valence-electron chi connectivity index (χ4n) is 2.27. The molecule has 7 nitrogen and oxygen atoms in total. The summed E-state index contributed by atoms with van der Waals surface area (Å²) in [5.41, 5.74) is 1.46. The molecule has 0 radical (unpaired) electrons. The Hall–Kier alpha value is -2.25. The van der Waals surface area contributed by atoms with Crippen molar-refractivity contribution < 1.29 is 9.53 Å². The minimum absolute atomic E-state index is 0.144. The van der Waals surface area contributed by atoms with Gasteiger partial charge in [0.15, 0.2) is 0 Å². The van der Waals surface area contributed by atoms with Gasteiger partial charge in [-0.05, 0) is 19.2 Å². The summed E-state index contributed by atoms with van der Waals surface area (Å²) >= 11 is 0. The van der Waals surface area contributed by atoms with Gasteiger partial charge in [-0.3, -0.25) is 4.79 Å². The van der Waals surface area contributed by atoms with Crippen LogP contribution in [0.2, 0.25) is 0 Å². The third-order valence-electron chi connectivity index (χ3n) is 3.39. The van der Waals surface area contributed by atoms with Crippen molar-refractivity contribution in [1.82, 2.24) is 19.9 Å². The molecule has 0 bridgehead atoms. The minimum Gasteiger partial charge on any atom is -0.366 e. The standard InChI is InChI=1S/C14H17N5O2/c1-18-8-9-21-13(10-18)14(20)16-11-4-2-3-5-12(11)19-7-6-15-17-19/h2-7,13H,8-10H2,1H3,(H,16,20). The van der Waals surface area contributed by atoms with Crippen molar-refractivity contribution in [3.63, 3.8) is 0 Å². The van der Waals surface area contributed by atoms with E-state index in [-0.39, 0.29) is 5.91 Å². The van der Waals surface area contributed by atoms with Crippen LogP contribution in [0.15, 0.2) is 36.7 Å². The average molecular weight is 287 g/mol. The number of morpholine rings is 1. The van der Waals surface area contributed by atoms with Crippen molar-refractivity contribution in [2.75, 3.05) is 32.1 Å². The highest BCUT2D eigenvalue weighted by atomic mass is 16.5. The van der Waals surface area contributed by atoms with Crippen molar-refractivity contribution in [1.29, 1.82) is 0 Å². The molecule has 1 unspecified atom stereocenters. The number of anilines is 1. The molecule has 0 aliphatic carbocycles. The second-order valence-corrected chi connectivity index (χ2v) is 4.98. The molecule has 1 saturated heterocycles. The number of rotatable bonds is 3. The largest absolute Gasteiger partial charge is 0.366 e. The predicted octanol–water partition coefficient (Wildman–Crippen LogP) is 0.536. The molecule has 1 aromatic carbocycles. The Kier molecular flexibility index (Phi) is 3.94. The van der Waals surface area contributed by atoms with Gasteiger partial charge in [-0.25, -0.2) is 4.68 Å². The van der Waals surface area contributed by atoms with Crippen molar-refractivity contribution in [2.24, 2.45) is 0 Å². The molecule has 21 heavy (non-hydrogen) atoms. The third-order valence-corrected chi connectivity index (χ3v) is 3.39. The molecule has 110 valence electrons. The summed E-state index contributed by atoms with van der Waals surface area (Å²) in [6.07, 6.45) is 2.88. The molecule has 0 spiro atoms. The summed E-state index contributed by atoms with van der Waals surface area (Å²) in [7, 11) is 1.98. The second kappa shape index (κ2) is 6.02. The van der Waals surface area contributed by atoms with Gasteiger partial charge in [-0.1, -0.05) is 17.3 Å². The van der Waals surface area contributed by atoms with Crippen LogP contribution >= 0.6 is 0 Å². The molecule has 0 saturated carbocycles. The number of para-hydroxylation sites is 2. The number of ether oxygens (including phenoxy) is 1. The fraction of sp³-hybridized carbons (Fsp3) is 0.357. The molecule has 2 aromatic rings. The van der Waals surface area contributed by atoms with E-state index in [1.165, 1.54) is 0 Å². The zero-order valence-electron chi connectivity index (χ0n) is 11.8. The molecule has 3 rings (SSSR count). The maximum Gasteiger partial charge on any atom is 0.254 e. The van der Waals surface area contributed by atoms with Crippen LogP contribution < -0.4 is 5.32 Å². The Morgan fingerprint density at radius 3 is 3.05 bits per heavy atom. The number of carbonyl (C=O) groups excluding carboxylic acids is 1. The monoisotopic (exact) mass is 287 g/mol. The van der Waals surface area contributed by atoms with E-state index in [1.54, 1.807) is 17.1 Å². The fourth-order valence-corrected chi connectivity index (χ4v) is 2.27. The summed E-state index contributed by atoms with van der Waals surface area (Å²) in [5.74, 6) is -0.144. The number of aromatic nitrogens is 3. The van der Waals surface area contributed by atoms with E-state index in [4.69, 9.17) is 4.74 Å². The topological polar surface area (TPSA) is 72.3 Å². The summed E-state index contributed by atoms with van der Waals surface area (Å²) in [6.45, 7) is 2.01. The van der Waals surface area contributed by atoms with Crippen LogP contribution in [0.1, 0.15) is 0 Å². The van der Waals surface area contributed by atoms with Crippen molar-refractivity contribution >= 4 is 11.6 Å². The van der Waals surface area contributed by atoms with Crippen LogP contribution in [-0.2, 0) is 9.53 Å². The molecule has 1 amide bonds. The van der Waals surface area contributed by atoms with Gasteiger partial charge in [-0.15, -0.1) is 5.10 Å². The van der Waals surface area contributed by atoms with E-state index in [0.29, 0.717) is 18.8 Å². The Balaban J connectivity index is 1.77. The van der Waals surface area contributed by atoms with Gasteiger partial charge < -0.3 is 15.0 Å². The van der Waals surface area contributed by atoms with Crippen molar-refractivity contribution in [3.05, 3.63) is 36.7 Å². The summed E-state index contributed by atoms with van der Waals surface area (Å²) in [5, 5.41) is 10.7. The summed E-state index contributed by atoms with van der Waals surface area (Å²) < 4.78 is 7.14. The van der Waals surface area contributed by atoms with Gasteiger partial charge in [0, 0.05) is 13.1 Å². The number of benzene rings is 1. The molecular formula is C14H17N5O2. The number of likely N-dealkylation sites (N-methyl/N-ethyl adjacent to an activating group) is 1. The van der Waals surface area contributed by atoms with E-state index < -0.39 is 6.10 Å². The lowest BCUT2D eigenvalue weighted by Gasteiger charge is -2.29. The Labute approximate surface area is 122 Å². The maximum atomic E-state index is 12.3. The Morgan fingerprint density at radius 2 is 2.29 bits per heavy atom. The van der Waals surface area contributed by atoms with Crippen molar-refractivity contribution in [2.45, 2.75) is 6.10 Å². The molecule has 2 heterocycles. The summed E-state index contributed by atoms with van der Waals surface area (Å²) in [4.78, 5) is 14.4. The smallest absolute Gasteiger partial charge is 0.254 e. The third kappa shape index (κ3) is 3.09. The highest BCUT2D eigenvalue weighted by Crippen LogP contribution is 2.19. The van der Waals surface area contributed by atoms with E-state index >= 15 is 0 Å². The lowest BCUT2D eigenvalue weighted by Crippen LogP contribution is -2.46. The number of nitrogens with one attached hydrogen (secondary N) is 1. The molecule has 1 aliphatic heterocycles.